The van der Waals surface area contributed by atoms with Crippen molar-refractivity contribution in [2.24, 2.45) is 0 Å². The van der Waals surface area contributed by atoms with Gasteiger partial charge in [0.05, 0.1) is 0 Å². The monoisotopic (exact) mass is 204 g/mol. The maximum absolute atomic E-state index is 3.50. The molecule has 82 valence electrons. The Morgan fingerprint density at radius 3 is 3.13 bits per heavy atom. The molecule has 0 bridgehead atoms. The quantitative estimate of drug-likeness (QED) is 0.784. The molecule has 0 amide bonds. The van der Waals surface area contributed by atoms with Gasteiger partial charge in [0.1, 0.15) is 0 Å². The Labute approximate surface area is 92.1 Å². The number of nitrogens with one attached hydrogen (secondary N) is 2. The summed E-state index contributed by atoms with van der Waals surface area (Å²) in [5, 5.41) is 6.94. The Balaban J connectivity index is 2.22. The summed E-state index contributed by atoms with van der Waals surface area (Å²) in [5.74, 6) is 0.633. The third-order valence-corrected chi connectivity index (χ3v) is 3.22. The van der Waals surface area contributed by atoms with E-state index >= 15 is 0 Å². The van der Waals surface area contributed by atoms with Crippen molar-refractivity contribution < 1.29 is 0 Å². The van der Waals surface area contributed by atoms with Crippen LogP contribution in [0.15, 0.2) is 18.2 Å². The van der Waals surface area contributed by atoms with Gasteiger partial charge >= 0.3 is 0 Å². The maximum atomic E-state index is 3.50. The second-order valence-corrected chi connectivity index (χ2v) is 4.28. The van der Waals surface area contributed by atoms with Gasteiger partial charge in [0.15, 0.2) is 0 Å². The van der Waals surface area contributed by atoms with E-state index in [1.54, 1.807) is 0 Å². The molecule has 0 aromatic heterocycles. The van der Waals surface area contributed by atoms with Crippen LogP contribution in [0.2, 0.25) is 0 Å². The minimum absolute atomic E-state index is 0.633. The summed E-state index contributed by atoms with van der Waals surface area (Å²) in [5.41, 5.74) is 4.46. The summed E-state index contributed by atoms with van der Waals surface area (Å²) in [6.45, 7) is 8.63. The van der Waals surface area contributed by atoms with Gasteiger partial charge in [-0.2, -0.15) is 0 Å². The van der Waals surface area contributed by atoms with Gasteiger partial charge in [0, 0.05) is 25.6 Å². The number of hydrogen-bond acceptors (Lipinski definition) is 2. The SMILES string of the molecule is CCNCC1CNCc2c(C)cccc21. The van der Waals surface area contributed by atoms with E-state index in [0.29, 0.717) is 5.92 Å². The van der Waals surface area contributed by atoms with Crippen LogP contribution in [0, 0.1) is 6.92 Å². The van der Waals surface area contributed by atoms with Crippen LogP contribution in [0.1, 0.15) is 29.5 Å². The third-order valence-electron chi connectivity index (χ3n) is 3.22. The fourth-order valence-corrected chi connectivity index (χ4v) is 2.33. The number of aryl methyl sites for hydroxylation is 1. The Bertz CT molecular complexity index is 333. The smallest absolute Gasteiger partial charge is 0.0211 e. The molecule has 0 radical (unpaired) electrons. The van der Waals surface area contributed by atoms with Gasteiger partial charge in [-0.1, -0.05) is 25.1 Å². The lowest BCUT2D eigenvalue weighted by Crippen LogP contribution is -2.34. The summed E-state index contributed by atoms with van der Waals surface area (Å²) in [4.78, 5) is 0. The van der Waals surface area contributed by atoms with Crippen molar-refractivity contribution in [2.45, 2.75) is 26.3 Å². The molecule has 1 aliphatic heterocycles. The Kier molecular flexibility index (Phi) is 3.39. The average molecular weight is 204 g/mol. The Hall–Kier alpha value is -0.860. The number of rotatable bonds is 3. The highest BCUT2D eigenvalue weighted by Gasteiger charge is 2.19. The van der Waals surface area contributed by atoms with Gasteiger partial charge in [-0.05, 0) is 30.2 Å². The molecule has 2 nitrogen and oxygen atoms in total. The van der Waals surface area contributed by atoms with Crippen molar-refractivity contribution in [3.8, 4) is 0 Å². The summed E-state index contributed by atoms with van der Waals surface area (Å²) in [7, 11) is 0. The molecule has 0 saturated carbocycles. The molecule has 0 saturated heterocycles. The van der Waals surface area contributed by atoms with Gasteiger partial charge in [-0.3, -0.25) is 0 Å². The van der Waals surface area contributed by atoms with E-state index in [0.717, 1.165) is 26.2 Å². The zero-order valence-electron chi connectivity index (χ0n) is 9.64. The topological polar surface area (TPSA) is 24.1 Å². The molecule has 2 heteroatoms. The Morgan fingerprint density at radius 2 is 2.33 bits per heavy atom. The van der Waals surface area contributed by atoms with E-state index in [4.69, 9.17) is 0 Å². The van der Waals surface area contributed by atoms with Crippen LogP contribution in [0.3, 0.4) is 0 Å². The predicted octanol–water partition coefficient (Wildman–Crippen LogP) is 1.79. The van der Waals surface area contributed by atoms with Crippen LogP contribution in [0.4, 0.5) is 0 Å². The molecule has 1 aromatic carbocycles. The van der Waals surface area contributed by atoms with E-state index in [1.807, 2.05) is 0 Å². The van der Waals surface area contributed by atoms with Crippen molar-refractivity contribution in [1.29, 1.82) is 0 Å². The second kappa shape index (κ2) is 4.77. The first-order valence-electron chi connectivity index (χ1n) is 5.82. The molecule has 1 heterocycles. The largest absolute Gasteiger partial charge is 0.316 e. The normalized spacial score (nSPS) is 20.0. The minimum atomic E-state index is 0.633. The zero-order chi connectivity index (χ0) is 10.7. The number of benzene rings is 1. The number of likely N-dealkylation sites (N-methyl/N-ethyl adjacent to an activating group) is 1. The van der Waals surface area contributed by atoms with Crippen molar-refractivity contribution in [1.82, 2.24) is 10.6 Å². The lowest BCUT2D eigenvalue weighted by molar-refractivity contribution is 0.508. The summed E-state index contributed by atoms with van der Waals surface area (Å²) < 4.78 is 0. The molecule has 0 spiro atoms. The van der Waals surface area contributed by atoms with Crippen LogP contribution in [0.25, 0.3) is 0 Å². The fourth-order valence-electron chi connectivity index (χ4n) is 2.33. The molecule has 1 aliphatic rings. The van der Waals surface area contributed by atoms with Crippen LogP contribution < -0.4 is 10.6 Å². The molecule has 1 atom stereocenters. The van der Waals surface area contributed by atoms with Crippen LogP contribution in [0.5, 0.6) is 0 Å². The highest BCUT2D eigenvalue weighted by atomic mass is 14.9. The van der Waals surface area contributed by atoms with Crippen molar-refractivity contribution in [3.05, 3.63) is 34.9 Å². The van der Waals surface area contributed by atoms with Gasteiger partial charge in [0.25, 0.3) is 0 Å². The van der Waals surface area contributed by atoms with E-state index in [9.17, 15) is 0 Å². The lowest BCUT2D eigenvalue weighted by Gasteiger charge is -2.27. The first kappa shape index (κ1) is 10.7. The molecule has 2 rings (SSSR count). The first-order valence-corrected chi connectivity index (χ1v) is 5.82. The lowest BCUT2D eigenvalue weighted by atomic mass is 9.88. The van der Waals surface area contributed by atoms with Gasteiger partial charge < -0.3 is 10.6 Å². The maximum Gasteiger partial charge on any atom is 0.0211 e. The van der Waals surface area contributed by atoms with Crippen LogP contribution in [-0.4, -0.2) is 19.6 Å². The molecule has 1 aromatic rings. The molecule has 0 aliphatic carbocycles. The summed E-state index contributed by atoms with van der Waals surface area (Å²) in [6.07, 6.45) is 0. The van der Waals surface area contributed by atoms with Crippen molar-refractivity contribution in [2.75, 3.05) is 19.6 Å². The van der Waals surface area contributed by atoms with Crippen molar-refractivity contribution in [3.63, 3.8) is 0 Å². The molecular weight excluding hydrogens is 184 g/mol. The van der Waals surface area contributed by atoms with Crippen LogP contribution in [-0.2, 0) is 6.54 Å². The third kappa shape index (κ3) is 2.21. The summed E-state index contributed by atoms with van der Waals surface area (Å²) >= 11 is 0. The molecular formula is C13H20N2. The first-order chi connectivity index (χ1) is 7.33. The average Bonchev–Trinajstić information content (AvgIpc) is 2.27. The predicted molar refractivity (Wildman–Crippen MR) is 64.2 cm³/mol. The summed E-state index contributed by atoms with van der Waals surface area (Å²) in [6, 6.07) is 6.67. The van der Waals surface area contributed by atoms with Gasteiger partial charge in [-0.25, -0.2) is 0 Å². The van der Waals surface area contributed by atoms with E-state index in [-0.39, 0.29) is 0 Å². The standard InChI is InChI=1S/C13H20N2/c1-3-14-7-11-8-15-9-13-10(2)5-4-6-12(11)13/h4-6,11,14-15H,3,7-9H2,1-2H3. The van der Waals surface area contributed by atoms with Gasteiger partial charge in [0.2, 0.25) is 0 Å². The molecule has 2 N–H and O–H groups in total. The molecule has 1 unspecified atom stereocenters. The Morgan fingerprint density at radius 1 is 1.47 bits per heavy atom. The van der Waals surface area contributed by atoms with Crippen LogP contribution >= 0.6 is 0 Å². The van der Waals surface area contributed by atoms with E-state index < -0.39 is 0 Å². The number of fused-ring (bicyclic) bond motifs is 1. The fraction of sp³-hybridized carbons (Fsp3) is 0.538. The van der Waals surface area contributed by atoms with Crippen molar-refractivity contribution >= 4 is 0 Å². The van der Waals surface area contributed by atoms with E-state index in [2.05, 4.69) is 42.7 Å². The van der Waals surface area contributed by atoms with E-state index in [1.165, 1.54) is 16.7 Å². The van der Waals surface area contributed by atoms with Gasteiger partial charge in [-0.15, -0.1) is 0 Å². The minimum Gasteiger partial charge on any atom is -0.316 e. The number of hydrogen-bond donors (Lipinski definition) is 2. The molecule has 15 heavy (non-hydrogen) atoms. The second-order valence-electron chi connectivity index (χ2n) is 4.28. The molecule has 0 fully saturated rings. The highest BCUT2D eigenvalue weighted by Crippen LogP contribution is 2.25. The zero-order valence-corrected chi connectivity index (χ0v) is 9.64. The highest BCUT2D eigenvalue weighted by molar-refractivity contribution is 5.38.